The number of carbonyl (C=O) groups is 1. The Morgan fingerprint density at radius 1 is 1.23 bits per heavy atom. The molecule has 2 heterocycles. The maximum Gasteiger partial charge on any atom is 0.316 e. The van der Waals surface area contributed by atoms with Gasteiger partial charge in [-0.3, -0.25) is 4.79 Å². The first-order chi connectivity index (χ1) is 14.8. The zero-order chi connectivity index (χ0) is 22.2. The summed E-state index contributed by atoms with van der Waals surface area (Å²) in [6.45, 7) is 5.57. The topological polar surface area (TPSA) is 104 Å². The molecule has 1 N–H and O–H groups in total. The van der Waals surface area contributed by atoms with Crippen LogP contribution in [0.15, 0.2) is 53.6 Å². The van der Waals surface area contributed by atoms with Crippen molar-refractivity contribution in [1.82, 2.24) is 9.97 Å². The number of fused-ring (bicyclic) bond motifs is 2. The lowest BCUT2D eigenvalue weighted by atomic mass is 9.97. The minimum absolute atomic E-state index is 0.192. The molecule has 0 saturated carbocycles. The maximum absolute atomic E-state index is 12.8. The zero-order valence-corrected chi connectivity index (χ0v) is 18.1. The van der Waals surface area contributed by atoms with E-state index in [1.54, 1.807) is 20.8 Å². The summed E-state index contributed by atoms with van der Waals surface area (Å²) in [6, 6.07) is 15.1. The SMILES string of the molecule is CC(C)(C)C(=O)Oc1c(-c2cc3ccccc3nc2Cl)[nH]c2ccc(CN=[N+]=[N-])cc12. The molecule has 31 heavy (non-hydrogen) atoms. The Bertz CT molecular complexity index is 1360. The molecule has 0 saturated heterocycles. The number of halogens is 1. The number of aromatic nitrogens is 2. The minimum atomic E-state index is -0.699. The molecular formula is C23H20ClN5O2. The Hall–Kier alpha value is -3.54. The standard InChI is InChI=1S/C23H20ClN5O2/c1-23(2,3)22(30)31-20-15-10-13(12-26-29-25)8-9-18(15)27-19(20)16-11-14-6-4-5-7-17(14)28-21(16)24/h4-11,27H,12H2,1-3H3. The Morgan fingerprint density at radius 2 is 2.00 bits per heavy atom. The first kappa shape index (κ1) is 20.7. The predicted octanol–water partition coefficient (Wildman–Crippen LogP) is 6.80. The molecule has 0 spiro atoms. The number of esters is 1. The number of para-hydroxylation sites is 1. The van der Waals surface area contributed by atoms with Crippen LogP contribution < -0.4 is 4.74 Å². The molecule has 156 valence electrons. The highest BCUT2D eigenvalue weighted by Gasteiger charge is 2.27. The Balaban J connectivity index is 1.95. The molecule has 0 fully saturated rings. The highest BCUT2D eigenvalue weighted by atomic mass is 35.5. The van der Waals surface area contributed by atoms with Gasteiger partial charge in [0.05, 0.1) is 23.2 Å². The summed E-state index contributed by atoms with van der Waals surface area (Å²) >= 11 is 6.54. The van der Waals surface area contributed by atoms with Crippen LogP contribution in [0.2, 0.25) is 5.15 Å². The Labute approximate surface area is 183 Å². The van der Waals surface area contributed by atoms with Gasteiger partial charge in [-0.05, 0) is 56.1 Å². The number of nitrogens with zero attached hydrogens (tertiary/aromatic N) is 4. The van der Waals surface area contributed by atoms with Crippen LogP contribution in [0.25, 0.3) is 43.5 Å². The summed E-state index contributed by atoms with van der Waals surface area (Å²) in [5.41, 5.74) is 11.5. The number of aromatic amines is 1. The Morgan fingerprint density at radius 3 is 2.74 bits per heavy atom. The van der Waals surface area contributed by atoms with Gasteiger partial charge in [-0.25, -0.2) is 4.98 Å². The van der Waals surface area contributed by atoms with Crippen LogP contribution in [0.3, 0.4) is 0 Å². The van der Waals surface area contributed by atoms with E-state index in [0.717, 1.165) is 22.0 Å². The lowest BCUT2D eigenvalue weighted by molar-refractivity contribution is -0.142. The monoisotopic (exact) mass is 433 g/mol. The van der Waals surface area contributed by atoms with Crippen molar-refractivity contribution >= 4 is 39.4 Å². The van der Waals surface area contributed by atoms with Crippen LogP contribution in [0.5, 0.6) is 5.75 Å². The second-order valence-corrected chi connectivity index (χ2v) is 8.62. The van der Waals surface area contributed by atoms with E-state index in [1.807, 2.05) is 48.5 Å². The summed E-state index contributed by atoms with van der Waals surface area (Å²) in [7, 11) is 0. The van der Waals surface area contributed by atoms with Crippen LogP contribution in [-0.4, -0.2) is 15.9 Å². The van der Waals surface area contributed by atoms with E-state index in [0.29, 0.717) is 27.5 Å². The van der Waals surface area contributed by atoms with Gasteiger partial charge in [-0.1, -0.05) is 41.0 Å². The number of hydrogen-bond acceptors (Lipinski definition) is 4. The summed E-state index contributed by atoms with van der Waals surface area (Å²) in [6.07, 6.45) is 0. The third-order valence-electron chi connectivity index (χ3n) is 4.89. The first-order valence-electron chi connectivity index (χ1n) is 9.71. The number of hydrogen-bond donors (Lipinski definition) is 1. The van der Waals surface area contributed by atoms with Crippen LogP contribution >= 0.6 is 11.6 Å². The van der Waals surface area contributed by atoms with Crippen molar-refractivity contribution in [2.75, 3.05) is 0 Å². The van der Waals surface area contributed by atoms with Gasteiger partial charge >= 0.3 is 5.97 Å². The minimum Gasteiger partial charge on any atom is -0.423 e. The quantitative estimate of drug-likeness (QED) is 0.126. The Kier molecular flexibility index (Phi) is 5.31. The normalized spacial score (nSPS) is 11.5. The first-order valence-corrected chi connectivity index (χ1v) is 10.1. The fraction of sp³-hybridized carbons (Fsp3) is 0.217. The molecule has 4 rings (SSSR count). The van der Waals surface area contributed by atoms with Crippen LogP contribution in [0.4, 0.5) is 0 Å². The highest BCUT2D eigenvalue weighted by molar-refractivity contribution is 6.32. The molecule has 0 aliphatic carbocycles. The van der Waals surface area contributed by atoms with Gasteiger partial charge in [0.25, 0.3) is 0 Å². The average molecular weight is 434 g/mol. The highest BCUT2D eigenvalue weighted by Crippen LogP contribution is 2.41. The van der Waals surface area contributed by atoms with Crippen molar-refractivity contribution in [2.24, 2.45) is 10.5 Å². The second-order valence-electron chi connectivity index (χ2n) is 8.26. The van der Waals surface area contributed by atoms with Gasteiger partial charge < -0.3 is 9.72 Å². The third-order valence-corrected chi connectivity index (χ3v) is 5.17. The van der Waals surface area contributed by atoms with Crippen LogP contribution in [0.1, 0.15) is 26.3 Å². The lowest BCUT2D eigenvalue weighted by Gasteiger charge is -2.17. The number of nitrogens with one attached hydrogen (secondary N) is 1. The van der Waals surface area contributed by atoms with E-state index >= 15 is 0 Å². The van der Waals surface area contributed by atoms with E-state index in [4.69, 9.17) is 21.9 Å². The van der Waals surface area contributed by atoms with E-state index < -0.39 is 5.41 Å². The molecule has 7 nitrogen and oxygen atoms in total. The number of carbonyl (C=O) groups excluding carboxylic acids is 1. The van der Waals surface area contributed by atoms with Crippen LogP contribution in [0, 0.1) is 5.41 Å². The smallest absolute Gasteiger partial charge is 0.316 e. The van der Waals surface area contributed by atoms with Crippen molar-refractivity contribution < 1.29 is 9.53 Å². The van der Waals surface area contributed by atoms with Gasteiger partial charge in [0, 0.05) is 26.8 Å². The molecule has 0 aliphatic heterocycles. The van der Waals surface area contributed by atoms with Crippen molar-refractivity contribution in [2.45, 2.75) is 27.3 Å². The largest absolute Gasteiger partial charge is 0.423 e. The molecular weight excluding hydrogens is 414 g/mol. The van der Waals surface area contributed by atoms with E-state index in [9.17, 15) is 4.79 Å². The summed E-state index contributed by atoms with van der Waals surface area (Å²) in [5, 5.41) is 5.53. The third kappa shape index (κ3) is 4.06. The molecule has 2 aromatic carbocycles. The lowest BCUT2D eigenvalue weighted by Crippen LogP contribution is -2.25. The molecule has 0 bridgehead atoms. The van der Waals surface area contributed by atoms with E-state index in [1.165, 1.54) is 0 Å². The molecule has 0 unspecified atom stereocenters. The number of H-pyrrole nitrogens is 1. The van der Waals surface area contributed by atoms with Gasteiger partial charge in [0.15, 0.2) is 5.75 Å². The van der Waals surface area contributed by atoms with Crippen molar-refractivity contribution in [3.8, 4) is 17.0 Å². The van der Waals surface area contributed by atoms with Crippen molar-refractivity contribution in [1.29, 1.82) is 0 Å². The van der Waals surface area contributed by atoms with Gasteiger partial charge in [-0.15, -0.1) is 0 Å². The number of ether oxygens (including phenoxy) is 1. The van der Waals surface area contributed by atoms with Crippen LogP contribution in [-0.2, 0) is 11.3 Å². The second kappa shape index (κ2) is 7.95. The summed E-state index contributed by atoms with van der Waals surface area (Å²) in [5.74, 6) is -0.00309. The zero-order valence-electron chi connectivity index (χ0n) is 17.3. The van der Waals surface area contributed by atoms with Crippen molar-refractivity contribution in [3.63, 3.8) is 0 Å². The van der Waals surface area contributed by atoms with Gasteiger partial charge in [0.2, 0.25) is 0 Å². The number of azide groups is 1. The molecule has 2 aromatic heterocycles. The van der Waals surface area contributed by atoms with Gasteiger partial charge in [0.1, 0.15) is 5.15 Å². The molecule has 0 atom stereocenters. The molecule has 4 aromatic rings. The maximum atomic E-state index is 12.8. The van der Waals surface area contributed by atoms with Crippen molar-refractivity contribution in [3.05, 3.63) is 69.7 Å². The summed E-state index contributed by atoms with van der Waals surface area (Å²) < 4.78 is 5.88. The number of rotatable bonds is 4. The molecule has 0 amide bonds. The summed E-state index contributed by atoms with van der Waals surface area (Å²) in [4.78, 5) is 23.4. The predicted molar refractivity (Wildman–Crippen MR) is 122 cm³/mol. The average Bonchev–Trinajstić information content (AvgIpc) is 3.08. The fourth-order valence-corrected chi connectivity index (χ4v) is 3.48. The molecule has 0 radical (unpaired) electrons. The van der Waals surface area contributed by atoms with Gasteiger partial charge in [-0.2, -0.15) is 0 Å². The molecule has 8 heteroatoms. The van der Waals surface area contributed by atoms with E-state index in [2.05, 4.69) is 20.0 Å². The number of pyridine rings is 1. The fourth-order valence-electron chi connectivity index (χ4n) is 3.24. The number of benzene rings is 2. The van der Waals surface area contributed by atoms with E-state index in [-0.39, 0.29) is 12.5 Å². The molecule has 0 aliphatic rings.